The van der Waals surface area contributed by atoms with Crippen LogP contribution in [0.2, 0.25) is 0 Å². The Hall–Kier alpha value is -2.62. The Kier molecular flexibility index (Phi) is 6.18. The van der Waals surface area contributed by atoms with Crippen molar-refractivity contribution in [1.29, 1.82) is 0 Å². The molecule has 0 atom stereocenters. The van der Waals surface area contributed by atoms with Crippen LogP contribution in [0.5, 0.6) is 0 Å². The van der Waals surface area contributed by atoms with Crippen LogP contribution >= 0.6 is 0 Å². The lowest BCUT2D eigenvalue weighted by molar-refractivity contribution is -0.132. The van der Waals surface area contributed by atoms with Gasteiger partial charge < -0.3 is 10.4 Å². The van der Waals surface area contributed by atoms with Crippen LogP contribution in [0, 0.1) is 19.7 Å². The fraction of sp³-hybridized carbons (Fsp3) is 0.375. The van der Waals surface area contributed by atoms with Crippen LogP contribution in [0.3, 0.4) is 0 Å². The van der Waals surface area contributed by atoms with E-state index < -0.39 is 5.97 Å². The minimum atomic E-state index is -0.903. The van der Waals surface area contributed by atoms with Crippen molar-refractivity contribution in [1.82, 2.24) is 0 Å². The molecule has 0 amide bonds. The molecule has 1 saturated carbocycles. The molecule has 1 fully saturated rings. The second-order valence-corrected chi connectivity index (χ2v) is 7.67. The second-order valence-electron chi connectivity index (χ2n) is 7.67. The number of carboxylic acid groups (broad SMARTS) is 1. The topological polar surface area (TPSA) is 49.3 Å². The van der Waals surface area contributed by atoms with Gasteiger partial charge in [0.05, 0.1) is 0 Å². The first kappa shape index (κ1) is 20.1. The molecular weight excluding hydrogens is 353 g/mol. The van der Waals surface area contributed by atoms with Crippen molar-refractivity contribution >= 4 is 17.7 Å². The molecule has 3 rings (SSSR count). The Morgan fingerprint density at radius 3 is 2.46 bits per heavy atom. The van der Waals surface area contributed by atoms with E-state index in [1.165, 1.54) is 12.8 Å². The van der Waals surface area contributed by atoms with E-state index >= 15 is 0 Å². The third-order valence-electron chi connectivity index (χ3n) is 5.58. The van der Waals surface area contributed by atoms with E-state index in [9.17, 15) is 14.3 Å². The molecule has 2 aromatic carbocycles. The maximum atomic E-state index is 14.9. The standard InChI is InChI=1S/C24H28FNO2/c1-4-17(24(27)28)13-18-11-16(3)22(12-15(18)2)21-10-9-20(14-23(21)25)26-19-7-5-6-8-19/h9-14,19,26H,4-8H2,1-3H3,(H,27,28). The first-order chi connectivity index (χ1) is 13.4. The summed E-state index contributed by atoms with van der Waals surface area (Å²) in [5.74, 6) is -1.14. The lowest BCUT2D eigenvalue weighted by atomic mass is 9.93. The summed E-state index contributed by atoms with van der Waals surface area (Å²) in [6.45, 7) is 5.69. The highest BCUT2D eigenvalue weighted by atomic mass is 19.1. The van der Waals surface area contributed by atoms with Crippen molar-refractivity contribution in [3.63, 3.8) is 0 Å². The molecule has 28 heavy (non-hydrogen) atoms. The summed E-state index contributed by atoms with van der Waals surface area (Å²) in [5, 5.41) is 12.7. The van der Waals surface area contributed by atoms with Gasteiger partial charge in [-0.25, -0.2) is 9.18 Å². The zero-order valence-corrected chi connectivity index (χ0v) is 16.8. The molecule has 0 spiro atoms. The van der Waals surface area contributed by atoms with Gasteiger partial charge in [0.1, 0.15) is 5.82 Å². The maximum absolute atomic E-state index is 14.9. The largest absolute Gasteiger partial charge is 0.478 e. The summed E-state index contributed by atoms with van der Waals surface area (Å²) in [6, 6.07) is 9.68. The van der Waals surface area contributed by atoms with Gasteiger partial charge in [-0.3, -0.25) is 0 Å². The number of nitrogens with one attached hydrogen (secondary N) is 1. The lowest BCUT2D eigenvalue weighted by Gasteiger charge is -2.16. The van der Waals surface area contributed by atoms with Crippen LogP contribution < -0.4 is 5.32 Å². The fourth-order valence-corrected chi connectivity index (χ4v) is 3.92. The van der Waals surface area contributed by atoms with Gasteiger partial charge >= 0.3 is 5.97 Å². The van der Waals surface area contributed by atoms with E-state index in [-0.39, 0.29) is 5.82 Å². The number of carbonyl (C=O) groups is 1. The molecule has 148 valence electrons. The number of halogens is 1. The van der Waals surface area contributed by atoms with Gasteiger partial charge in [0, 0.05) is 22.9 Å². The molecule has 2 N–H and O–H groups in total. The first-order valence-electron chi connectivity index (χ1n) is 10.0. The first-order valence-corrected chi connectivity index (χ1v) is 10.0. The highest BCUT2D eigenvalue weighted by molar-refractivity contribution is 5.92. The normalized spacial score (nSPS) is 15.1. The van der Waals surface area contributed by atoms with Crippen LogP contribution in [0.1, 0.15) is 55.7 Å². The average Bonchev–Trinajstić information content (AvgIpc) is 3.15. The zero-order chi connectivity index (χ0) is 20.3. The average molecular weight is 381 g/mol. The van der Waals surface area contributed by atoms with Crippen LogP contribution in [0.25, 0.3) is 17.2 Å². The van der Waals surface area contributed by atoms with Crippen molar-refractivity contribution in [2.75, 3.05) is 5.32 Å². The molecule has 0 aliphatic heterocycles. The van der Waals surface area contributed by atoms with Gasteiger partial charge in [0.25, 0.3) is 0 Å². The highest BCUT2D eigenvalue weighted by Gasteiger charge is 2.16. The van der Waals surface area contributed by atoms with Crippen molar-refractivity contribution in [3.05, 3.63) is 58.4 Å². The summed E-state index contributed by atoms with van der Waals surface area (Å²) >= 11 is 0. The molecule has 1 aliphatic rings. The van der Waals surface area contributed by atoms with Crippen molar-refractivity contribution < 1.29 is 14.3 Å². The third kappa shape index (κ3) is 4.44. The quantitative estimate of drug-likeness (QED) is 0.574. The Morgan fingerprint density at radius 1 is 1.14 bits per heavy atom. The summed E-state index contributed by atoms with van der Waals surface area (Å²) in [4.78, 5) is 11.3. The van der Waals surface area contributed by atoms with E-state index in [4.69, 9.17) is 0 Å². The molecule has 4 heteroatoms. The fourth-order valence-electron chi connectivity index (χ4n) is 3.92. The molecule has 0 radical (unpaired) electrons. The molecule has 0 unspecified atom stereocenters. The number of rotatable bonds is 6. The zero-order valence-electron chi connectivity index (χ0n) is 16.8. The predicted molar refractivity (Wildman–Crippen MR) is 113 cm³/mol. The molecular formula is C24H28FNO2. The van der Waals surface area contributed by atoms with Crippen LogP contribution in [0.4, 0.5) is 10.1 Å². The van der Waals surface area contributed by atoms with Crippen LogP contribution in [0.15, 0.2) is 35.9 Å². The minimum absolute atomic E-state index is 0.242. The number of carboxylic acids is 1. The van der Waals surface area contributed by atoms with Gasteiger partial charge in [-0.2, -0.15) is 0 Å². The number of anilines is 1. The van der Waals surface area contributed by atoms with Crippen molar-refractivity contribution in [2.24, 2.45) is 0 Å². The molecule has 0 heterocycles. The molecule has 1 aliphatic carbocycles. The molecule has 3 nitrogen and oxygen atoms in total. The Balaban J connectivity index is 1.91. The van der Waals surface area contributed by atoms with Gasteiger partial charge in [-0.15, -0.1) is 0 Å². The van der Waals surface area contributed by atoms with Gasteiger partial charge in [0.15, 0.2) is 0 Å². The summed E-state index contributed by atoms with van der Waals surface area (Å²) < 4.78 is 14.9. The van der Waals surface area contributed by atoms with E-state index in [2.05, 4.69) is 5.32 Å². The molecule has 2 aromatic rings. The summed E-state index contributed by atoms with van der Waals surface area (Å²) in [6.07, 6.45) is 6.93. The number of benzene rings is 2. The number of hydrogen-bond donors (Lipinski definition) is 2. The van der Waals surface area contributed by atoms with E-state index in [0.717, 1.165) is 40.8 Å². The van der Waals surface area contributed by atoms with Crippen LogP contribution in [-0.4, -0.2) is 17.1 Å². The van der Waals surface area contributed by atoms with E-state index in [0.29, 0.717) is 23.6 Å². The molecule has 0 bridgehead atoms. The van der Waals surface area contributed by atoms with Crippen molar-refractivity contribution in [2.45, 2.75) is 58.9 Å². The smallest absolute Gasteiger partial charge is 0.331 e. The summed E-state index contributed by atoms with van der Waals surface area (Å²) in [5.41, 5.74) is 5.32. The minimum Gasteiger partial charge on any atom is -0.478 e. The third-order valence-corrected chi connectivity index (χ3v) is 5.58. The van der Waals surface area contributed by atoms with Crippen molar-refractivity contribution in [3.8, 4) is 11.1 Å². The van der Waals surface area contributed by atoms with E-state index in [1.807, 2.05) is 45.0 Å². The predicted octanol–water partition coefficient (Wildman–Crippen LogP) is 6.34. The Labute approximate surface area is 166 Å². The Bertz CT molecular complexity index is 911. The summed E-state index contributed by atoms with van der Waals surface area (Å²) in [7, 11) is 0. The maximum Gasteiger partial charge on any atom is 0.331 e. The van der Waals surface area contributed by atoms with Crippen LogP contribution in [-0.2, 0) is 4.79 Å². The van der Waals surface area contributed by atoms with Gasteiger partial charge in [0.2, 0.25) is 0 Å². The second kappa shape index (κ2) is 8.59. The SMILES string of the molecule is CCC(=Cc1cc(C)c(-c2ccc(NC3CCCC3)cc2F)cc1C)C(=O)O. The number of hydrogen-bond acceptors (Lipinski definition) is 2. The lowest BCUT2D eigenvalue weighted by Crippen LogP contribution is -2.14. The Morgan fingerprint density at radius 2 is 1.86 bits per heavy atom. The van der Waals surface area contributed by atoms with Gasteiger partial charge in [-0.05, 0) is 79.6 Å². The number of aryl methyl sites for hydroxylation is 2. The van der Waals surface area contributed by atoms with E-state index in [1.54, 1.807) is 12.1 Å². The van der Waals surface area contributed by atoms with Gasteiger partial charge in [-0.1, -0.05) is 31.9 Å². The number of aliphatic carboxylic acids is 1. The molecule has 0 saturated heterocycles. The highest BCUT2D eigenvalue weighted by Crippen LogP contribution is 2.32. The monoisotopic (exact) mass is 381 g/mol. The molecule has 0 aromatic heterocycles.